The summed E-state index contributed by atoms with van der Waals surface area (Å²) in [5.41, 5.74) is 1.67. The highest BCUT2D eigenvalue weighted by atomic mass is 32.2. The van der Waals surface area contributed by atoms with Gasteiger partial charge in [-0.1, -0.05) is 60.3 Å². The monoisotopic (exact) mass is 489 g/mol. The highest BCUT2D eigenvalue weighted by Gasteiger charge is 2.19. The topological polar surface area (TPSA) is 98.1 Å². The predicted octanol–water partition coefficient (Wildman–Crippen LogP) is 4.13. The van der Waals surface area contributed by atoms with Crippen molar-refractivity contribution in [2.75, 3.05) is 18.2 Å². The second kappa shape index (κ2) is 11.1. The molecule has 2 N–H and O–H groups in total. The molecule has 8 nitrogen and oxygen atoms in total. The van der Waals surface area contributed by atoms with Gasteiger partial charge in [0.2, 0.25) is 11.8 Å². The Labute approximate surface area is 208 Å². The number of ether oxygens (including phenoxy) is 1. The molecule has 1 aromatic heterocycles. The highest BCUT2D eigenvalue weighted by Crippen LogP contribution is 2.24. The first-order valence-corrected chi connectivity index (χ1v) is 12.1. The number of hydrogen-bond donors (Lipinski definition) is 2. The van der Waals surface area contributed by atoms with Gasteiger partial charge >= 0.3 is 0 Å². The number of nitrogens with one attached hydrogen (secondary N) is 2. The Kier molecular flexibility index (Phi) is 7.67. The molecule has 0 radical (unpaired) electrons. The van der Waals surface area contributed by atoms with E-state index in [2.05, 4.69) is 20.8 Å². The summed E-state index contributed by atoms with van der Waals surface area (Å²) in [5.74, 6) is 1.31. The van der Waals surface area contributed by atoms with Crippen LogP contribution < -0.4 is 15.4 Å². The number of amides is 2. The number of rotatable bonds is 9. The van der Waals surface area contributed by atoms with E-state index in [0.29, 0.717) is 11.0 Å². The van der Waals surface area contributed by atoms with Crippen molar-refractivity contribution in [3.05, 3.63) is 78.1 Å². The Morgan fingerprint density at radius 3 is 2.51 bits per heavy atom. The van der Waals surface area contributed by atoms with E-state index in [0.717, 1.165) is 27.8 Å². The van der Waals surface area contributed by atoms with Gasteiger partial charge in [0.15, 0.2) is 11.0 Å². The van der Waals surface area contributed by atoms with Crippen molar-refractivity contribution in [1.82, 2.24) is 20.1 Å². The average Bonchev–Trinajstić information content (AvgIpc) is 3.23. The molecule has 1 unspecified atom stereocenters. The standard InChI is InChI=1S/C26H27N5O3S/c1-17(27-23(32)15-18-11-13-20(34-3)14-12-18)25-29-30-26(31(25)2)35-16-24(33)28-22-10-6-8-19-7-4-5-9-21(19)22/h4-14,17H,15-16H2,1-3H3,(H,27,32)(H,28,33). The first-order valence-electron chi connectivity index (χ1n) is 11.2. The number of nitrogens with zero attached hydrogens (tertiary/aromatic N) is 3. The van der Waals surface area contributed by atoms with E-state index < -0.39 is 0 Å². The molecule has 4 aromatic rings. The lowest BCUT2D eigenvalue weighted by molar-refractivity contribution is -0.121. The molecular formula is C26H27N5O3S. The Hall–Kier alpha value is -3.85. The van der Waals surface area contributed by atoms with E-state index in [1.54, 1.807) is 11.7 Å². The number of thioether (sulfide) groups is 1. The molecule has 2 amide bonds. The fourth-order valence-corrected chi connectivity index (χ4v) is 4.48. The van der Waals surface area contributed by atoms with Gasteiger partial charge in [-0.2, -0.15) is 0 Å². The van der Waals surface area contributed by atoms with Gasteiger partial charge in [-0.25, -0.2) is 0 Å². The van der Waals surface area contributed by atoms with E-state index in [-0.39, 0.29) is 30.0 Å². The Morgan fingerprint density at radius 1 is 1.00 bits per heavy atom. The third kappa shape index (κ3) is 5.99. The maximum atomic E-state index is 12.6. The second-order valence-corrected chi connectivity index (χ2v) is 9.02. The van der Waals surface area contributed by atoms with Crippen LogP contribution in [0, 0.1) is 0 Å². The number of anilines is 1. The SMILES string of the molecule is COc1ccc(CC(=O)NC(C)c2nnc(SCC(=O)Nc3cccc4ccccc34)n2C)cc1. The molecule has 0 saturated heterocycles. The van der Waals surface area contributed by atoms with Crippen molar-refractivity contribution in [3.63, 3.8) is 0 Å². The summed E-state index contributed by atoms with van der Waals surface area (Å²) in [6, 6.07) is 20.8. The normalized spacial score (nSPS) is 11.7. The molecule has 0 aliphatic carbocycles. The van der Waals surface area contributed by atoms with Crippen LogP contribution in [-0.2, 0) is 23.1 Å². The summed E-state index contributed by atoms with van der Waals surface area (Å²) in [7, 11) is 3.43. The minimum atomic E-state index is -0.336. The van der Waals surface area contributed by atoms with Crippen LogP contribution in [0.5, 0.6) is 5.75 Å². The molecule has 1 heterocycles. The quantitative estimate of drug-likeness (QED) is 0.343. The van der Waals surface area contributed by atoms with Crippen LogP contribution in [0.15, 0.2) is 71.9 Å². The third-order valence-corrected chi connectivity index (χ3v) is 6.57. The van der Waals surface area contributed by atoms with Crippen LogP contribution in [0.4, 0.5) is 5.69 Å². The summed E-state index contributed by atoms with van der Waals surface area (Å²) in [6.45, 7) is 1.86. The molecule has 35 heavy (non-hydrogen) atoms. The zero-order valence-corrected chi connectivity index (χ0v) is 20.6. The van der Waals surface area contributed by atoms with Crippen LogP contribution in [0.25, 0.3) is 10.8 Å². The summed E-state index contributed by atoms with van der Waals surface area (Å²) >= 11 is 1.30. The van der Waals surface area contributed by atoms with Gasteiger partial charge in [0.1, 0.15) is 5.75 Å². The van der Waals surface area contributed by atoms with E-state index in [9.17, 15) is 9.59 Å². The molecule has 0 aliphatic rings. The van der Waals surface area contributed by atoms with E-state index in [4.69, 9.17) is 4.74 Å². The number of hydrogen-bond acceptors (Lipinski definition) is 6. The molecular weight excluding hydrogens is 462 g/mol. The number of methoxy groups -OCH3 is 1. The molecule has 4 rings (SSSR count). The van der Waals surface area contributed by atoms with Gasteiger partial charge in [-0.05, 0) is 36.1 Å². The number of benzene rings is 3. The van der Waals surface area contributed by atoms with Crippen LogP contribution >= 0.6 is 11.8 Å². The van der Waals surface area contributed by atoms with Crippen LogP contribution in [0.2, 0.25) is 0 Å². The van der Waals surface area contributed by atoms with Crippen molar-refractivity contribution < 1.29 is 14.3 Å². The smallest absolute Gasteiger partial charge is 0.234 e. The molecule has 180 valence electrons. The van der Waals surface area contributed by atoms with Gasteiger partial charge < -0.3 is 19.9 Å². The fraction of sp³-hybridized carbons (Fsp3) is 0.231. The Bertz CT molecular complexity index is 1330. The number of fused-ring (bicyclic) bond motifs is 1. The molecule has 3 aromatic carbocycles. The molecule has 0 aliphatic heterocycles. The zero-order chi connectivity index (χ0) is 24.8. The zero-order valence-electron chi connectivity index (χ0n) is 19.8. The number of carbonyl (C=O) groups excluding carboxylic acids is 2. The van der Waals surface area contributed by atoms with Gasteiger partial charge in [-0.15, -0.1) is 10.2 Å². The summed E-state index contributed by atoms with van der Waals surface area (Å²) < 4.78 is 6.95. The van der Waals surface area contributed by atoms with E-state index in [1.807, 2.05) is 80.7 Å². The van der Waals surface area contributed by atoms with E-state index >= 15 is 0 Å². The van der Waals surface area contributed by atoms with Crippen LogP contribution in [0.1, 0.15) is 24.4 Å². The fourth-order valence-electron chi connectivity index (χ4n) is 3.77. The molecule has 0 bridgehead atoms. The van der Waals surface area contributed by atoms with Gasteiger partial charge in [0.05, 0.1) is 25.3 Å². The van der Waals surface area contributed by atoms with Crippen molar-refractivity contribution in [1.29, 1.82) is 0 Å². The van der Waals surface area contributed by atoms with Crippen LogP contribution in [-0.4, -0.2) is 39.4 Å². The van der Waals surface area contributed by atoms with E-state index in [1.165, 1.54) is 11.8 Å². The molecule has 0 saturated carbocycles. The second-order valence-electron chi connectivity index (χ2n) is 8.08. The number of carbonyl (C=O) groups is 2. The molecule has 1 atom stereocenters. The molecule has 9 heteroatoms. The Morgan fingerprint density at radius 2 is 1.74 bits per heavy atom. The maximum Gasteiger partial charge on any atom is 0.234 e. The maximum absolute atomic E-state index is 12.6. The first-order chi connectivity index (χ1) is 16.9. The largest absolute Gasteiger partial charge is 0.497 e. The Balaban J connectivity index is 1.32. The average molecular weight is 490 g/mol. The third-order valence-electron chi connectivity index (χ3n) is 5.55. The first kappa shape index (κ1) is 24.3. The lowest BCUT2D eigenvalue weighted by Gasteiger charge is -2.14. The summed E-state index contributed by atoms with van der Waals surface area (Å²) in [5, 5.41) is 17.0. The van der Waals surface area contributed by atoms with Crippen LogP contribution in [0.3, 0.4) is 0 Å². The lowest BCUT2D eigenvalue weighted by atomic mass is 10.1. The van der Waals surface area contributed by atoms with Crippen molar-refractivity contribution in [2.24, 2.45) is 7.05 Å². The van der Waals surface area contributed by atoms with Gasteiger partial charge in [0.25, 0.3) is 0 Å². The minimum absolute atomic E-state index is 0.116. The molecule has 0 spiro atoms. The number of aromatic nitrogens is 3. The summed E-state index contributed by atoms with van der Waals surface area (Å²) in [4.78, 5) is 25.1. The minimum Gasteiger partial charge on any atom is -0.497 e. The van der Waals surface area contributed by atoms with Crippen molar-refractivity contribution in [3.8, 4) is 5.75 Å². The van der Waals surface area contributed by atoms with Gasteiger partial charge in [0, 0.05) is 18.1 Å². The van der Waals surface area contributed by atoms with Crippen molar-refractivity contribution in [2.45, 2.75) is 24.5 Å². The summed E-state index contributed by atoms with van der Waals surface area (Å²) in [6.07, 6.45) is 0.252. The molecule has 0 fully saturated rings. The van der Waals surface area contributed by atoms with Crippen molar-refractivity contribution >= 4 is 40.0 Å². The highest BCUT2D eigenvalue weighted by molar-refractivity contribution is 7.99. The van der Waals surface area contributed by atoms with Gasteiger partial charge in [-0.3, -0.25) is 9.59 Å². The lowest BCUT2D eigenvalue weighted by Crippen LogP contribution is -2.29. The predicted molar refractivity (Wildman–Crippen MR) is 138 cm³/mol.